The molecule has 1 rings (SSSR count). The van der Waals surface area contributed by atoms with Crippen LogP contribution in [0.2, 0.25) is 0 Å². The maximum atomic E-state index is 11.5. The minimum absolute atomic E-state index is 0. The smallest absolute Gasteiger partial charge is 1.00 e. The topological polar surface area (TPSA) is 66.8 Å². The monoisotopic (exact) mass is 236 g/mol. The quantitative estimate of drug-likeness (QED) is 0.515. The molecule has 4 nitrogen and oxygen atoms in total. The normalized spacial score (nSPS) is 9.88. The summed E-state index contributed by atoms with van der Waals surface area (Å²) < 4.78 is 4.37. The second-order valence-corrected chi connectivity index (χ2v) is 4.09. The van der Waals surface area contributed by atoms with Crippen molar-refractivity contribution < 1.29 is 39.4 Å². The van der Waals surface area contributed by atoms with Gasteiger partial charge in [-0.15, -0.1) is 0 Å². The van der Waals surface area contributed by atoms with Crippen molar-refractivity contribution in [2.75, 3.05) is 0 Å². The van der Waals surface area contributed by atoms with Crippen molar-refractivity contribution >= 4 is 14.6 Å². The minimum atomic E-state index is -2.65. The molecule has 0 spiro atoms. The molecule has 2 N–H and O–H groups in total. The number of aryl methyl sites for hydroxylation is 3. The standard InChI is InChI=1S/C10H13O4P.Li.H/c1-6-4-7(2)9(8(3)5-6)10(11)14-15(12)13;;/h4-5,12-13H,1-3H3;;/q;+1;-1. The van der Waals surface area contributed by atoms with E-state index in [4.69, 9.17) is 9.79 Å². The van der Waals surface area contributed by atoms with Crippen LogP contribution in [0.1, 0.15) is 28.5 Å². The average molecular weight is 236 g/mol. The van der Waals surface area contributed by atoms with Crippen molar-refractivity contribution in [2.24, 2.45) is 0 Å². The van der Waals surface area contributed by atoms with E-state index in [0.717, 1.165) is 16.7 Å². The van der Waals surface area contributed by atoms with Gasteiger partial charge in [-0.05, 0) is 31.9 Å². The Bertz CT molecular complexity index is 375. The summed E-state index contributed by atoms with van der Waals surface area (Å²) in [6, 6.07) is 3.70. The fourth-order valence-electron chi connectivity index (χ4n) is 1.62. The summed E-state index contributed by atoms with van der Waals surface area (Å²) >= 11 is 0. The maximum Gasteiger partial charge on any atom is 1.00 e. The van der Waals surface area contributed by atoms with Crippen LogP contribution in [-0.4, -0.2) is 15.8 Å². The molecule has 0 atom stereocenters. The number of benzene rings is 1. The Balaban J connectivity index is 0. The third kappa shape index (κ3) is 3.90. The molecule has 6 heteroatoms. The number of rotatable bonds is 2. The molecule has 0 saturated carbocycles. The van der Waals surface area contributed by atoms with Crippen LogP contribution in [-0.2, 0) is 4.52 Å². The molecule has 0 aliphatic heterocycles. The van der Waals surface area contributed by atoms with Gasteiger partial charge in [0.25, 0.3) is 0 Å². The van der Waals surface area contributed by atoms with Gasteiger partial charge in [0.2, 0.25) is 0 Å². The zero-order valence-electron chi connectivity index (χ0n) is 10.8. The van der Waals surface area contributed by atoms with Crippen LogP contribution in [0, 0.1) is 20.8 Å². The molecule has 0 radical (unpaired) electrons. The molecule has 0 aliphatic carbocycles. The third-order valence-electron chi connectivity index (χ3n) is 2.05. The first kappa shape index (κ1) is 15.6. The van der Waals surface area contributed by atoms with E-state index < -0.39 is 14.6 Å². The molecule has 0 fully saturated rings. The Labute approximate surface area is 109 Å². The second-order valence-electron chi connectivity index (χ2n) is 3.41. The summed E-state index contributed by atoms with van der Waals surface area (Å²) in [6.07, 6.45) is 0. The van der Waals surface area contributed by atoms with Gasteiger partial charge < -0.3 is 15.7 Å². The van der Waals surface area contributed by atoms with Gasteiger partial charge in [-0.3, -0.25) is 0 Å². The largest absolute Gasteiger partial charge is 1.00 e. The first-order valence-corrected chi connectivity index (χ1v) is 5.56. The molecular weight excluding hydrogens is 222 g/mol. The number of hydrogen-bond acceptors (Lipinski definition) is 4. The van der Waals surface area contributed by atoms with Gasteiger partial charge in [-0.2, -0.15) is 0 Å². The molecule has 0 saturated heterocycles. The summed E-state index contributed by atoms with van der Waals surface area (Å²) in [7, 11) is -2.65. The molecule has 0 bridgehead atoms. The van der Waals surface area contributed by atoms with Gasteiger partial charge in [0.1, 0.15) is 0 Å². The zero-order valence-corrected chi connectivity index (χ0v) is 10.7. The molecule has 1 aromatic carbocycles. The van der Waals surface area contributed by atoms with E-state index in [1.165, 1.54) is 0 Å². The van der Waals surface area contributed by atoms with Crippen LogP contribution < -0.4 is 18.9 Å². The van der Waals surface area contributed by atoms with Crippen LogP contribution >= 0.6 is 8.60 Å². The molecule has 0 amide bonds. The molecular formula is C10H14LiO4P. The Morgan fingerprint density at radius 3 is 2.06 bits per heavy atom. The first-order valence-electron chi connectivity index (χ1n) is 4.40. The predicted molar refractivity (Wildman–Crippen MR) is 58.5 cm³/mol. The van der Waals surface area contributed by atoms with Crippen LogP contribution in [0.5, 0.6) is 0 Å². The van der Waals surface area contributed by atoms with Crippen molar-refractivity contribution in [3.8, 4) is 0 Å². The van der Waals surface area contributed by atoms with Gasteiger partial charge in [0.15, 0.2) is 0 Å². The van der Waals surface area contributed by atoms with Crippen molar-refractivity contribution in [3.05, 3.63) is 34.4 Å². The van der Waals surface area contributed by atoms with E-state index in [1.807, 2.05) is 19.1 Å². The summed E-state index contributed by atoms with van der Waals surface area (Å²) in [6.45, 7) is 5.50. The van der Waals surface area contributed by atoms with Gasteiger partial charge in [-0.25, -0.2) is 4.79 Å². The SMILES string of the molecule is Cc1cc(C)c(C(=O)OP(O)O)c(C)c1.[H-].[Li+]. The van der Waals surface area contributed by atoms with Crippen molar-refractivity contribution in [3.63, 3.8) is 0 Å². The van der Waals surface area contributed by atoms with E-state index in [2.05, 4.69) is 4.52 Å². The molecule has 0 heterocycles. The van der Waals surface area contributed by atoms with Crippen molar-refractivity contribution in [1.29, 1.82) is 0 Å². The van der Waals surface area contributed by atoms with Crippen molar-refractivity contribution in [1.82, 2.24) is 0 Å². The summed E-state index contributed by atoms with van der Waals surface area (Å²) in [5, 5.41) is 0. The fourth-order valence-corrected chi connectivity index (χ4v) is 1.86. The van der Waals surface area contributed by atoms with Crippen LogP contribution in [0.3, 0.4) is 0 Å². The van der Waals surface area contributed by atoms with Crippen LogP contribution in [0.25, 0.3) is 0 Å². The summed E-state index contributed by atoms with van der Waals surface area (Å²) in [5.41, 5.74) is 3.00. The minimum Gasteiger partial charge on any atom is -1.00 e. The van der Waals surface area contributed by atoms with E-state index in [-0.39, 0.29) is 20.3 Å². The maximum absolute atomic E-state index is 11.5. The van der Waals surface area contributed by atoms with E-state index >= 15 is 0 Å². The first-order chi connectivity index (χ1) is 6.91. The molecule has 16 heavy (non-hydrogen) atoms. The summed E-state index contributed by atoms with van der Waals surface area (Å²) in [5.74, 6) is -0.693. The number of hydrogen-bond donors (Lipinski definition) is 2. The van der Waals surface area contributed by atoms with Crippen LogP contribution in [0.15, 0.2) is 12.1 Å². The predicted octanol–water partition coefficient (Wildman–Crippen LogP) is -0.903. The van der Waals surface area contributed by atoms with Gasteiger partial charge in [0, 0.05) is 0 Å². The second kappa shape index (κ2) is 6.39. The van der Waals surface area contributed by atoms with Gasteiger partial charge in [-0.1, -0.05) is 17.7 Å². The molecule has 0 unspecified atom stereocenters. The Hall–Kier alpha value is -0.363. The van der Waals surface area contributed by atoms with Gasteiger partial charge >= 0.3 is 33.4 Å². The van der Waals surface area contributed by atoms with E-state index in [9.17, 15) is 4.79 Å². The Kier molecular flexibility index (Phi) is 6.25. The van der Waals surface area contributed by atoms with E-state index in [1.54, 1.807) is 13.8 Å². The Morgan fingerprint density at radius 1 is 1.25 bits per heavy atom. The van der Waals surface area contributed by atoms with E-state index in [0.29, 0.717) is 5.56 Å². The number of carbonyl (C=O) groups is 1. The molecule has 0 aliphatic rings. The Morgan fingerprint density at radius 2 is 1.69 bits per heavy atom. The summed E-state index contributed by atoms with van der Waals surface area (Å²) in [4.78, 5) is 28.7. The zero-order chi connectivity index (χ0) is 11.6. The van der Waals surface area contributed by atoms with Crippen LogP contribution in [0.4, 0.5) is 0 Å². The molecule has 0 aromatic heterocycles. The fraction of sp³-hybridized carbons (Fsp3) is 0.300. The number of carbonyl (C=O) groups excluding carboxylic acids is 1. The molecule has 84 valence electrons. The molecule has 1 aromatic rings. The third-order valence-corrected chi connectivity index (χ3v) is 2.37. The average Bonchev–Trinajstić information content (AvgIpc) is 1.99. The van der Waals surface area contributed by atoms with Gasteiger partial charge in [0.05, 0.1) is 5.56 Å². The van der Waals surface area contributed by atoms with Crippen molar-refractivity contribution in [2.45, 2.75) is 20.8 Å².